The molecule has 20 heavy (non-hydrogen) atoms. The zero-order chi connectivity index (χ0) is 13.8. The first-order valence-corrected chi connectivity index (χ1v) is 6.92. The molecule has 1 heterocycles. The van der Waals surface area contributed by atoms with Gasteiger partial charge in [0, 0.05) is 25.7 Å². The minimum absolute atomic E-state index is 0. The van der Waals surface area contributed by atoms with Crippen LogP contribution < -0.4 is 10.1 Å². The molecule has 2 rings (SSSR count). The maximum atomic E-state index is 12.1. The molecule has 0 aliphatic carbocycles. The van der Waals surface area contributed by atoms with Crippen LogP contribution in [0.5, 0.6) is 5.75 Å². The third-order valence-electron chi connectivity index (χ3n) is 3.08. The summed E-state index contributed by atoms with van der Waals surface area (Å²) in [6.07, 6.45) is 0. The molecule has 7 heteroatoms. The second-order valence-corrected chi connectivity index (χ2v) is 5.29. The number of hydrogen-bond acceptors (Lipinski definition) is 3. The first-order chi connectivity index (χ1) is 9.09. The molecule has 0 radical (unpaired) electrons. The topological polar surface area (TPSA) is 41.6 Å². The molecule has 0 spiro atoms. The fraction of sp³-hybridized carbons (Fsp3) is 0.462. The zero-order valence-corrected chi connectivity index (χ0v) is 13.4. The van der Waals surface area contributed by atoms with E-state index < -0.39 is 0 Å². The lowest BCUT2D eigenvalue weighted by molar-refractivity contribution is -0.136. The predicted octanol–water partition coefficient (Wildman–Crippen LogP) is 2.61. The number of nitrogens with one attached hydrogen (secondary N) is 1. The van der Waals surface area contributed by atoms with Crippen molar-refractivity contribution in [1.82, 2.24) is 10.2 Å². The summed E-state index contributed by atoms with van der Waals surface area (Å²) in [5.41, 5.74) is 0. The third-order valence-corrected chi connectivity index (χ3v) is 3.68. The Balaban J connectivity index is 0.00000200. The van der Waals surface area contributed by atoms with Crippen LogP contribution in [-0.2, 0) is 4.79 Å². The molecule has 0 bridgehead atoms. The van der Waals surface area contributed by atoms with Crippen LogP contribution in [0.1, 0.15) is 6.92 Å². The molecule has 1 N–H and O–H groups in total. The van der Waals surface area contributed by atoms with Crippen LogP contribution in [0.3, 0.4) is 0 Å². The molecule has 1 amide bonds. The second kappa shape index (κ2) is 7.93. The number of piperazine rings is 1. The Kier molecular flexibility index (Phi) is 6.89. The van der Waals surface area contributed by atoms with E-state index in [1.165, 1.54) is 0 Å². The van der Waals surface area contributed by atoms with Crippen molar-refractivity contribution < 1.29 is 9.53 Å². The summed E-state index contributed by atoms with van der Waals surface area (Å²) in [5.74, 6) is 0.312. The standard InChI is InChI=1S/C13H16Cl2N2O2.ClH/c1-9-7-16-5-6-17(9)12(18)8-19-13-10(14)3-2-4-11(13)15;/h2-4,9,16H,5-8H2,1H3;1H/t9-;/m1./s1. The van der Waals surface area contributed by atoms with Crippen molar-refractivity contribution in [3.05, 3.63) is 28.2 Å². The molecule has 1 aromatic rings. The highest BCUT2D eigenvalue weighted by molar-refractivity contribution is 6.37. The fourth-order valence-electron chi connectivity index (χ4n) is 2.05. The molecule has 1 saturated heterocycles. The Labute approximate surface area is 134 Å². The number of para-hydroxylation sites is 1. The normalized spacial score (nSPS) is 18.4. The summed E-state index contributed by atoms with van der Waals surface area (Å²) >= 11 is 12.0. The van der Waals surface area contributed by atoms with E-state index in [0.29, 0.717) is 22.3 Å². The van der Waals surface area contributed by atoms with E-state index >= 15 is 0 Å². The highest BCUT2D eigenvalue weighted by atomic mass is 35.5. The van der Waals surface area contributed by atoms with Crippen LogP contribution in [0.2, 0.25) is 10.0 Å². The van der Waals surface area contributed by atoms with Crippen molar-refractivity contribution in [3.63, 3.8) is 0 Å². The maximum Gasteiger partial charge on any atom is 0.260 e. The number of hydrogen-bond donors (Lipinski definition) is 1. The average Bonchev–Trinajstić information content (AvgIpc) is 2.38. The van der Waals surface area contributed by atoms with Gasteiger partial charge in [0.2, 0.25) is 0 Å². The number of carbonyl (C=O) groups is 1. The maximum absolute atomic E-state index is 12.1. The van der Waals surface area contributed by atoms with Gasteiger partial charge in [0.25, 0.3) is 5.91 Å². The number of rotatable bonds is 3. The van der Waals surface area contributed by atoms with E-state index in [0.717, 1.165) is 13.1 Å². The predicted molar refractivity (Wildman–Crippen MR) is 83.2 cm³/mol. The van der Waals surface area contributed by atoms with E-state index in [1.54, 1.807) is 23.1 Å². The van der Waals surface area contributed by atoms with Crippen LogP contribution in [0.15, 0.2) is 18.2 Å². The van der Waals surface area contributed by atoms with Gasteiger partial charge in [0.05, 0.1) is 10.0 Å². The molecule has 1 aliphatic rings. The Morgan fingerprint density at radius 3 is 2.70 bits per heavy atom. The second-order valence-electron chi connectivity index (χ2n) is 4.48. The van der Waals surface area contributed by atoms with Gasteiger partial charge in [-0.15, -0.1) is 12.4 Å². The van der Waals surface area contributed by atoms with Crippen molar-refractivity contribution in [2.45, 2.75) is 13.0 Å². The Morgan fingerprint density at radius 2 is 2.10 bits per heavy atom. The average molecular weight is 340 g/mol. The Hall–Kier alpha value is -0.680. The highest BCUT2D eigenvalue weighted by Gasteiger charge is 2.23. The minimum Gasteiger partial charge on any atom is -0.481 e. The van der Waals surface area contributed by atoms with Gasteiger partial charge in [-0.05, 0) is 19.1 Å². The van der Waals surface area contributed by atoms with Gasteiger partial charge < -0.3 is 15.0 Å². The molecule has 1 aromatic carbocycles. The van der Waals surface area contributed by atoms with Gasteiger partial charge in [0.1, 0.15) is 0 Å². The van der Waals surface area contributed by atoms with Crippen LogP contribution in [0.4, 0.5) is 0 Å². The summed E-state index contributed by atoms with van der Waals surface area (Å²) in [4.78, 5) is 13.9. The number of nitrogens with zero attached hydrogens (tertiary/aromatic N) is 1. The van der Waals surface area contributed by atoms with Gasteiger partial charge in [-0.3, -0.25) is 4.79 Å². The lowest BCUT2D eigenvalue weighted by atomic mass is 10.2. The lowest BCUT2D eigenvalue weighted by Crippen LogP contribution is -2.53. The van der Waals surface area contributed by atoms with Gasteiger partial charge in [0.15, 0.2) is 12.4 Å². The zero-order valence-electron chi connectivity index (χ0n) is 11.1. The van der Waals surface area contributed by atoms with E-state index in [-0.39, 0.29) is 31.0 Å². The summed E-state index contributed by atoms with van der Waals surface area (Å²) in [5, 5.41) is 4.06. The molecule has 1 fully saturated rings. The molecular formula is C13H17Cl3N2O2. The van der Waals surface area contributed by atoms with Crippen LogP contribution >= 0.6 is 35.6 Å². The number of amides is 1. The van der Waals surface area contributed by atoms with Crippen LogP contribution in [0.25, 0.3) is 0 Å². The van der Waals surface area contributed by atoms with E-state index in [4.69, 9.17) is 27.9 Å². The number of benzene rings is 1. The molecule has 0 saturated carbocycles. The van der Waals surface area contributed by atoms with Crippen LogP contribution in [0, 0.1) is 0 Å². The number of halogens is 3. The van der Waals surface area contributed by atoms with Crippen molar-refractivity contribution in [3.8, 4) is 5.75 Å². The molecule has 112 valence electrons. The van der Waals surface area contributed by atoms with Gasteiger partial charge in [-0.1, -0.05) is 29.3 Å². The molecule has 1 aliphatic heterocycles. The summed E-state index contributed by atoms with van der Waals surface area (Å²) in [6.45, 7) is 4.27. The summed E-state index contributed by atoms with van der Waals surface area (Å²) in [7, 11) is 0. The Morgan fingerprint density at radius 1 is 1.45 bits per heavy atom. The summed E-state index contributed by atoms with van der Waals surface area (Å²) in [6, 6.07) is 5.27. The van der Waals surface area contributed by atoms with Crippen LogP contribution in [-0.4, -0.2) is 43.1 Å². The SMILES string of the molecule is C[C@@H]1CNCCN1C(=O)COc1c(Cl)cccc1Cl.Cl. The quantitative estimate of drug-likeness (QED) is 0.920. The molecular weight excluding hydrogens is 323 g/mol. The Bertz CT molecular complexity index is 451. The molecule has 1 atom stereocenters. The highest BCUT2D eigenvalue weighted by Crippen LogP contribution is 2.32. The van der Waals surface area contributed by atoms with Crippen molar-refractivity contribution in [1.29, 1.82) is 0 Å². The van der Waals surface area contributed by atoms with Gasteiger partial charge >= 0.3 is 0 Å². The van der Waals surface area contributed by atoms with Crippen molar-refractivity contribution in [2.24, 2.45) is 0 Å². The molecule has 4 nitrogen and oxygen atoms in total. The smallest absolute Gasteiger partial charge is 0.260 e. The summed E-state index contributed by atoms with van der Waals surface area (Å²) < 4.78 is 5.46. The third kappa shape index (κ3) is 4.16. The lowest BCUT2D eigenvalue weighted by Gasteiger charge is -2.33. The first kappa shape index (κ1) is 17.4. The minimum atomic E-state index is -0.0509. The van der Waals surface area contributed by atoms with E-state index in [9.17, 15) is 4.79 Å². The monoisotopic (exact) mass is 338 g/mol. The van der Waals surface area contributed by atoms with E-state index in [2.05, 4.69) is 5.32 Å². The first-order valence-electron chi connectivity index (χ1n) is 6.16. The van der Waals surface area contributed by atoms with Crippen molar-refractivity contribution in [2.75, 3.05) is 26.2 Å². The number of carbonyl (C=O) groups excluding carboxylic acids is 1. The van der Waals surface area contributed by atoms with Gasteiger partial charge in [-0.25, -0.2) is 0 Å². The molecule has 0 aromatic heterocycles. The van der Waals surface area contributed by atoms with E-state index in [1.807, 2.05) is 6.92 Å². The van der Waals surface area contributed by atoms with Crippen molar-refractivity contribution >= 4 is 41.5 Å². The largest absolute Gasteiger partial charge is 0.481 e. The molecule has 0 unspecified atom stereocenters. The van der Waals surface area contributed by atoms with Gasteiger partial charge in [-0.2, -0.15) is 0 Å². The fourth-order valence-corrected chi connectivity index (χ4v) is 2.56. The number of ether oxygens (including phenoxy) is 1.